The Hall–Kier alpha value is -0.0700. The summed E-state index contributed by atoms with van der Waals surface area (Å²) in [5.74, 6) is 0.575. The molecule has 0 aromatic carbocycles. The monoisotopic (exact) mass is 295 g/mol. The molecule has 14 heavy (non-hydrogen) atoms. The first-order chi connectivity index (χ1) is 6.69. The number of hydrogen-bond donors (Lipinski definition) is 0. The van der Waals surface area contributed by atoms with Crippen LogP contribution in [0.25, 0.3) is 0 Å². The van der Waals surface area contributed by atoms with Crippen molar-refractivity contribution in [2.24, 2.45) is 0 Å². The second-order valence-electron chi connectivity index (χ2n) is 2.26. The minimum absolute atomic E-state index is 0.342. The molecule has 0 radical (unpaired) electrons. The first-order valence-electron chi connectivity index (χ1n) is 4.15. The van der Waals surface area contributed by atoms with Crippen LogP contribution >= 0.6 is 39.0 Å². The topological polar surface area (TPSA) is 39.2 Å². The maximum absolute atomic E-state index is 11.4. The van der Waals surface area contributed by atoms with E-state index in [0.29, 0.717) is 12.3 Å². The molecule has 0 saturated carbocycles. The summed E-state index contributed by atoms with van der Waals surface area (Å²) in [6.07, 6.45) is 0. The third kappa shape index (κ3) is 2.96. The number of halogens is 1. The number of thiazole rings is 1. The van der Waals surface area contributed by atoms with Crippen LogP contribution in [0.1, 0.15) is 24.3 Å². The SMILES string of the molecule is CCOC(=O)c1nc(Br)sc1SCC. The van der Waals surface area contributed by atoms with Crippen molar-refractivity contribution in [3.05, 3.63) is 9.61 Å². The van der Waals surface area contributed by atoms with E-state index in [9.17, 15) is 4.79 Å². The van der Waals surface area contributed by atoms with Crippen LogP contribution in [0.3, 0.4) is 0 Å². The molecule has 1 heterocycles. The van der Waals surface area contributed by atoms with Crippen molar-refractivity contribution < 1.29 is 9.53 Å². The second-order valence-corrected chi connectivity index (χ2v) is 6.06. The number of ether oxygens (including phenoxy) is 1. The molecule has 0 saturated heterocycles. The minimum Gasteiger partial charge on any atom is -0.461 e. The Morgan fingerprint density at radius 1 is 1.64 bits per heavy atom. The lowest BCUT2D eigenvalue weighted by molar-refractivity contribution is 0.0516. The fraction of sp³-hybridized carbons (Fsp3) is 0.500. The molecule has 0 aliphatic rings. The van der Waals surface area contributed by atoms with Crippen molar-refractivity contribution in [2.45, 2.75) is 18.1 Å². The van der Waals surface area contributed by atoms with Gasteiger partial charge in [-0.15, -0.1) is 11.8 Å². The van der Waals surface area contributed by atoms with E-state index in [1.54, 1.807) is 18.7 Å². The summed E-state index contributed by atoms with van der Waals surface area (Å²) < 4.78 is 6.53. The van der Waals surface area contributed by atoms with Crippen molar-refractivity contribution in [1.29, 1.82) is 0 Å². The Morgan fingerprint density at radius 3 is 2.93 bits per heavy atom. The van der Waals surface area contributed by atoms with Gasteiger partial charge in [0.1, 0.15) is 0 Å². The first-order valence-corrected chi connectivity index (χ1v) is 6.74. The summed E-state index contributed by atoms with van der Waals surface area (Å²) in [6, 6.07) is 0. The molecular formula is C8H10BrNO2S2. The third-order valence-corrected chi connectivity index (χ3v) is 3.96. The van der Waals surface area contributed by atoms with Crippen molar-refractivity contribution in [1.82, 2.24) is 4.98 Å². The molecule has 0 unspecified atom stereocenters. The van der Waals surface area contributed by atoms with Gasteiger partial charge in [0.05, 0.1) is 10.8 Å². The number of esters is 1. The number of rotatable bonds is 4. The first kappa shape index (κ1) is 12.0. The molecule has 6 heteroatoms. The molecule has 0 aliphatic heterocycles. The number of nitrogens with zero attached hydrogens (tertiary/aromatic N) is 1. The Bertz CT molecular complexity index is 327. The molecule has 0 aliphatic carbocycles. The highest BCUT2D eigenvalue weighted by atomic mass is 79.9. The maximum Gasteiger partial charge on any atom is 0.359 e. The number of aromatic nitrogens is 1. The molecule has 0 spiro atoms. The normalized spacial score (nSPS) is 10.2. The van der Waals surface area contributed by atoms with E-state index in [0.717, 1.165) is 13.9 Å². The average Bonchev–Trinajstić information content (AvgIpc) is 2.48. The van der Waals surface area contributed by atoms with Gasteiger partial charge in [-0.1, -0.05) is 18.3 Å². The zero-order valence-electron chi connectivity index (χ0n) is 7.87. The van der Waals surface area contributed by atoms with Crippen LogP contribution < -0.4 is 0 Å². The summed E-state index contributed by atoms with van der Waals surface area (Å²) in [7, 11) is 0. The molecule has 0 fully saturated rings. The van der Waals surface area contributed by atoms with Crippen LogP contribution in [0.2, 0.25) is 0 Å². The van der Waals surface area contributed by atoms with Gasteiger partial charge in [-0.3, -0.25) is 0 Å². The molecule has 0 atom stereocenters. The standard InChI is InChI=1S/C8H10BrNO2S2/c1-3-12-6(11)5-7(13-4-2)14-8(9)10-5/h3-4H2,1-2H3. The van der Waals surface area contributed by atoms with Gasteiger partial charge in [-0.05, 0) is 28.6 Å². The van der Waals surface area contributed by atoms with E-state index >= 15 is 0 Å². The highest BCUT2D eigenvalue weighted by molar-refractivity contribution is 9.11. The fourth-order valence-corrected chi connectivity index (χ4v) is 3.69. The zero-order chi connectivity index (χ0) is 10.6. The van der Waals surface area contributed by atoms with Crippen LogP contribution in [0.5, 0.6) is 0 Å². The van der Waals surface area contributed by atoms with Gasteiger partial charge in [0.25, 0.3) is 0 Å². The molecule has 1 aromatic heterocycles. The fourth-order valence-electron chi connectivity index (χ4n) is 0.839. The third-order valence-electron chi connectivity index (χ3n) is 1.31. The quantitative estimate of drug-likeness (QED) is 0.632. The Balaban J connectivity index is 2.88. The molecule has 1 rings (SSSR count). The molecule has 78 valence electrons. The van der Waals surface area contributed by atoms with Crippen molar-refractivity contribution >= 4 is 45.0 Å². The minimum atomic E-state index is -0.342. The van der Waals surface area contributed by atoms with Crippen LogP contribution in [-0.2, 0) is 4.74 Å². The molecule has 0 amide bonds. The van der Waals surface area contributed by atoms with Gasteiger partial charge in [0.2, 0.25) is 0 Å². The maximum atomic E-state index is 11.4. The molecule has 3 nitrogen and oxygen atoms in total. The van der Waals surface area contributed by atoms with E-state index in [4.69, 9.17) is 4.74 Å². The smallest absolute Gasteiger partial charge is 0.359 e. The van der Waals surface area contributed by atoms with Crippen LogP contribution in [0.4, 0.5) is 0 Å². The van der Waals surface area contributed by atoms with Crippen molar-refractivity contribution in [3.8, 4) is 0 Å². The van der Waals surface area contributed by atoms with Crippen molar-refractivity contribution in [2.75, 3.05) is 12.4 Å². The highest BCUT2D eigenvalue weighted by Gasteiger charge is 2.18. The molecule has 0 bridgehead atoms. The van der Waals surface area contributed by atoms with Gasteiger partial charge in [0, 0.05) is 0 Å². The van der Waals surface area contributed by atoms with E-state index in [-0.39, 0.29) is 5.97 Å². The molecule has 1 aromatic rings. The highest BCUT2D eigenvalue weighted by Crippen LogP contribution is 2.32. The second kappa shape index (κ2) is 5.72. The zero-order valence-corrected chi connectivity index (χ0v) is 11.1. The van der Waals surface area contributed by atoms with Crippen LogP contribution in [-0.4, -0.2) is 23.3 Å². The lowest BCUT2D eigenvalue weighted by Gasteiger charge is -1.99. The van der Waals surface area contributed by atoms with Gasteiger partial charge in [0.15, 0.2) is 9.61 Å². The summed E-state index contributed by atoms with van der Waals surface area (Å²) >= 11 is 6.32. The Morgan fingerprint density at radius 2 is 2.36 bits per heavy atom. The summed E-state index contributed by atoms with van der Waals surface area (Å²) in [5.41, 5.74) is 0.426. The van der Waals surface area contributed by atoms with E-state index in [1.165, 1.54) is 11.3 Å². The lowest BCUT2D eigenvalue weighted by atomic mass is 10.5. The number of carbonyl (C=O) groups is 1. The van der Waals surface area contributed by atoms with E-state index in [2.05, 4.69) is 20.9 Å². The number of hydrogen-bond acceptors (Lipinski definition) is 5. The number of carbonyl (C=O) groups excluding carboxylic acids is 1. The van der Waals surface area contributed by atoms with Gasteiger partial charge in [-0.25, -0.2) is 9.78 Å². The summed E-state index contributed by atoms with van der Waals surface area (Å²) in [5, 5.41) is 0. The predicted octanol–water partition coefficient (Wildman–Crippen LogP) is 3.19. The van der Waals surface area contributed by atoms with Gasteiger partial charge >= 0.3 is 5.97 Å². The van der Waals surface area contributed by atoms with Crippen LogP contribution in [0.15, 0.2) is 8.13 Å². The summed E-state index contributed by atoms with van der Waals surface area (Å²) in [6.45, 7) is 4.20. The van der Waals surface area contributed by atoms with Crippen molar-refractivity contribution in [3.63, 3.8) is 0 Å². The lowest BCUT2D eigenvalue weighted by Crippen LogP contribution is -2.06. The number of thioether (sulfide) groups is 1. The largest absolute Gasteiger partial charge is 0.461 e. The average molecular weight is 296 g/mol. The van der Waals surface area contributed by atoms with Gasteiger partial charge in [-0.2, -0.15) is 0 Å². The van der Waals surface area contributed by atoms with E-state index in [1.807, 2.05) is 6.92 Å². The Kier molecular flexibility index (Phi) is 4.91. The van der Waals surface area contributed by atoms with Crippen LogP contribution in [0, 0.1) is 0 Å². The summed E-state index contributed by atoms with van der Waals surface area (Å²) in [4.78, 5) is 15.5. The predicted molar refractivity (Wildman–Crippen MR) is 62.2 cm³/mol. The van der Waals surface area contributed by atoms with Gasteiger partial charge < -0.3 is 4.74 Å². The van der Waals surface area contributed by atoms with E-state index < -0.39 is 0 Å². The molecular weight excluding hydrogens is 286 g/mol. The molecule has 0 N–H and O–H groups in total. The Labute approximate surface area is 99.4 Å².